The van der Waals surface area contributed by atoms with Gasteiger partial charge < -0.3 is 14.2 Å². The van der Waals surface area contributed by atoms with Gasteiger partial charge in [-0.2, -0.15) is 0 Å². The van der Waals surface area contributed by atoms with E-state index in [1.807, 2.05) is 0 Å². The molecule has 0 aromatic heterocycles. The first kappa shape index (κ1) is 18.4. The summed E-state index contributed by atoms with van der Waals surface area (Å²) in [5.41, 5.74) is -1.05. The molecule has 4 fully saturated rings. The maximum atomic E-state index is 13.3. The van der Waals surface area contributed by atoms with E-state index in [1.54, 1.807) is 6.92 Å². The topological polar surface area (TPSA) is 105 Å². The Balaban J connectivity index is 1.36. The maximum absolute atomic E-state index is 13.3. The largest absolute Gasteiger partial charge is 0.454 e. The SMILES string of the molecule is C[C@@H](OC(=O)c1cc2c(cc1[N+](=O)[O-])OCO2)C(=O)C12CC3CC(CC(C3)C1)C2. The molecule has 0 amide bonds. The lowest BCUT2D eigenvalue weighted by atomic mass is 9.48. The number of nitro groups is 1. The van der Waals surface area contributed by atoms with E-state index in [9.17, 15) is 19.7 Å². The van der Waals surface area contributed by atoms with Crippen molar-refractivity contribution in [3.63, 3.8) is 0 Å². The van der Waals surface area contributed by atoms with Crippen LogP contribution in [0.2, 0.25) is 0 Å². The minimum Gasteiger partial charge on any atom is -0.454 e. The summed E-state index contributed by atoms with van der Waals surface area (Å²) < 4.78 is 15.8. The molecule has 1 aromatic carbocycles. The van der Waals surface area contributed by atoms with Crippen molar-refractivity contribution in [2.75, 3.05) is 6.79 Å². The highest BCUT2D eigenvalue weighted by Crippen LogP contribution is 2.60. The minimum absolute atomic E-state index is 0.0339. The van der Waals surface area contributed by atoms with Gasteiger partial charge in [-0.05, 0) is 63.2 Å². The molecule has 8 nitrogen and oxygen atoms in total. The average molecular weight is 401 g/mol. The molecule has 0 saturated heterocycles. The monoisotopic (exact) mass is 401 g/mol. The molecule has 1 aromatic rings. The van der Waals surface area contributed by atoms with Gasteiger partial charge in [-0.25, -0.2) is 4.79 Å². The van der Waals surface area contributed by atoms with E-state index >= 15 is 0 Å². The van der Waals surface area contributed by atoms with E-state index in [4.69, 9.17) is 14.2 Å². The van der Waals surface area contributed by atoms with Crippen LogP contribution in [-0.2, 0) is 9.53 Å². The molecular weight excluding hydrogens is 378 g/mol. The number of hydrogen-bond acceptors (Lipinski definition) is 7. The van der Waals surface area contributed by atoms with Gasteiger partial charge in [0.25, 0.3) is 5.69 Å². The standard InChI is InChI=1S/C21H23NO7/c1-11(19(23)21-7-12-2-13(8-21)4-14(3-12)9-21)29-20(24)15-5-17-18(28-10-27-17)6-16(15)22(25)26/h5-6,11-14H,2-4,7-10H2,1H3/t11-,12?,13?,14?,21?/m1/s1. The molecule has 5 aliphatic rings. The van der Waals surface area contributed by atoms with E-state index < -0.39 is 28.1 Å². The van der Waals surface area contributed by atoms with Gasteiger partial charge in [-0.1, -0.05) is 0 Å². The Hall–Kier alpha value is -2.64. The summed E-state index contributed by atoms with van der Waals surface area (Å²) in [7, 11) is 0. The van der Waals surface area contributed by atoms with Gasteiger partial charge in [-0.3, -0.25) is 14.9 Å². The van der Waals surface area contributed by atoms with E-state index in [-0.39, 0.29) is 29.6 Å². The molecular formula is C21H23NO7. The first-order valence-electron chi connectivity index (χ1n) is 10.2. The van der Waals surface area contributed by atoms with Gasteiger partial charge >= 0.3 is 5.97 Å². The molecule has 0 radical (unpaired) electrons. The van der Waals surface area contributed by atoms with Crippen LogP contribution in [0.25, 0.3) is 0 Å². The normalized spacial score (nSPS) is 32.1. The predicted molar refractivity (Wildman–Crippen MR) is 99.7 cm³/mol. The quantitative estimate of drug-likeness (QED) is 0.421. The number of ketones is 1. The van der Waals surface area contributed by atoms with Gasteiger partial charge in [-0.15, -0.1) is 0 Å². The van der Waals surface area contributed by atoms with Gasteiger partial charge in [0.1, 0.15) is 5.56 Å². The smallest absolute Gasteiger partial charge is 0.346 e. The molecule has 1 aliphatic heterocycles. The van der Waals surface area contributed by atoms with Crippen LogP contribution in [0, 0.1) is 33.3 Å². The molecule has 0 spiro atoms. The Morgan fingerprint density at radius 3 is 2.21 bits per heavy atom. The van der Waals surface area contributed by atoms with E-state index in [0.29, 0.717) is 17.8 Å². The number of carbonyl (C=O) groups is 2. The van der Waals surface area contributed by atoms with Crippen LogP contribution >= 0.6 is 0 Å². The summed E-state index contributed by atoms with van der Waals surface area (Å²) in [5, 5.41) is 11.4. The number of ether oxygens (including phenoxy) is 3. The Kier molecular flexibility index (Phi) is 4.08. The molecule has 0 unspecified atom stereocenters. The summed E-state index contributed by atoms with van der Waals surface area (Å²) in [6.45, 7) is 1.52. The van der Waals surface area contributed by atoms with Gasteiger partial charge in [0.05, 0.1) is 11.0 Å². The number of hydrogen-bond donors (Lipinski definition) is 0. The van der Waals surface area contributed by atoms with E-state index in [1.165, 1.54) is 25.3 Å². The summed E-state index contributed by atoms with van der Waals surface area (Å²) >= 11 is 0. The second-order valence-electron chi connectivity index (χ2n) is 9.09. The van der Waals surface area contributed by atoms with Crippen LogP contribution in [0.3, 0.4) is 0 Å². The van der Waals surface area contributed by atoms with E-state index in [2.05, 4.69) is 0 Å². The number of nitrogens with zero attached hydrogens (tertiary/aromatic N) is 1. The van der Waals surface area contributed by atoms with Gasteiger partial charge in [0.2, 0.25) is 6.79 Å². The summed E-state index contributed by atoms with van der Waals surface area (Å²) in [5.74, 6) is 1.34. The molecule has 6 rings (SSSR count). The number of fused-ring (bicyclic) bond motifs is 1. The fraction of sp³-hybridized carbons (Fsp3) is 0.619. The maximum Gasteiger partial charge on any atom is 0.346 e. The van der Waals surface area contributed by atoms with Crippen molar-refractivity contribution < 1.29 is 28.7 Å². The van der Waals surface area contributed by atoms with Crippen LogP contribution in [0.15, 0.2) is 12.1 Å². The van der Waals surface area contributed by atoms with Crippen molar-refractivity contribution in [1.29, 1.82) is 0 Å². The van der Waals surface area contributed by atoms with E-state index in [0.717, 1.165) is 25.3 Å². The summed E-state index contributed by atoms with van der Waals surface area (Å²) in [6.07, 6.45) is 5.33. The Bertz CT molecular complexity index is 873. The number of carbonyl (C=O) groups excluding carboxylic acids is 2. The number of rotatable bonds is 5. The van der Waals surface area contributed by atoms with Crippen molar-refractivity contribution in [2.45, 2.75) is 51.6 Å². The molecule has 4 bridgehead atoms. The highest BCUT2D eigenvalue weighted by Gasteiger charge is 2.55. The fourth-order valence-corrected chi connectivity index (χ4v) is 6.37. The molecule has 154 valence electrons. The predicted octanol–water partition coefficient (Wildman–Crippen LogP) is 3.65. The average Bonchev–Trinajstić information content (AvgIpc) is 3.12. The lowest BCUT2D eigenvalue weighted by molar-refractivity contribution is -0.385. The van der Waals surface area contributed by atoms with Crippen molar-refractivity contribution in [1.82, 2.24) is 0 Å². The number of Topliss-reactive ketones (excluding diaryl/α,β-unsaturated/α-hetero) is 1. The van der Waals surface area contributed by atoms with Crippen molar-refractivity contribution in [2.24, 2.45) is 23.2 Å². The third-order valence-corrected chi connectivity index (χ3v) is 7.12. The van der Waals surface area contributed by atoms with Crippen LogP contribution in [0.4, 0.5) is 5.69 Å². The highest BCUT2D eigenvalue weighted by atomic mass is 16.7. The zero-order valence-corrected chi connectivity index (χ0v) is 16.2. The first-order chi connectivity index (χ1) is 13.8. The zero-order chi connectivity index (χ0) is 20.3. The lowest BCUT2D eigenvalue weighted by Gasteiger charge is -2.56. The first-order valence-corrected chi connectivity index (χ1v) is 10.2. The molecule has 29 heavy (non-hydrogen) atoms. The molecule has 4 aliphatic carbocycles. The fourth-order valence-electron chi connectivity index (χ4n) is 6.37. The lowest BCUT2D eigenvalue weighted by Crippen LogP contribution is -2.52. The van der Waals surface area contributed by atoms with Crippen LogP contribution < -0.4 is 9.47 Å². The van der Waals surface area contributed by atoms with Crippen LogP contribution in [-0.4, -0.2) is 29.6 Å². The number of benzene rings is 1. The Labute approximate surface area is 167 Å². The molecule has 1 heterocycles. The van der Waals surface area contributed by atoms with Crippen LogP contribution in [0.5, 0.6) is 11.5 Å². The Morgan fingerprint density at radius 2 is 1.66 bits per heavy atom. The number of esters is 1. The van der Waals surface area contributed by atoms with Crippen molar-refractivity contribution >= 4 is 17.4 Å². The van der Waals surface area contributed by atoms with Crippen LogP contribution in [0.1, 0.15) is 55.8 Å². The molecule has 4 saturated carbocycles. The number of nitro benzene ring substituents is 1. The highest BCUT2D eigenvalue weighted by molar-refractivity contribution is 5.98. The third-order valence-electron chi connectivity index (χ3n) is 7.12. The molecule has 1 atom stereocenters. The van der Waals surface area contributed by atoms with Gasteiger partial charge in [0, 0.05) is 11.5 Å². The third kappa shape index (κ3) is 2.96. The molecule has 8 heteroatoms. The second-order valence-corrected chi connectivity index (χ2v) is 9.09. The summed E-state index contributed by atoms with van der Waals surface area (Å²) in [4.78, 5) is 36.8. The zero-order valence-electron chi connectivity index (χ0n) is 16.2. The minimum atomic E-state index is -0.941. The van der Waals surface area contributed by atoms with Gasteiger partial charge in [0.15, 0.2) is 23.4 Å². The summed E-state index contributed by atoms with van der Waals surface area (Å²) in [6, 6.07) is 2.41. The van der Waals surface area contributed by atoms with Crippen molar-refractivity contribution in [3.05, 3.63) is 27.8 Å². The van der Waals surface area contributed by atoms with Crippen molar-refractivity contribution in [3.8, 4) is 11.5 Å². The second kappa shape index (κ2) is 6.43. The molecule has 0 N–H and O–H groups in total. The Morgan fingerprint density at radius 1 is 1.10 bits per heavy atom.